The van der Waals surface area contributed by atoms with Crippen LogP contribution in [0.5, 0.6) is 5.75 Å². The number of alkyl halides is 3. The molecule has 0 saturated heterocycles. The zero-order valence-corrected chi connectivity index (χ0v) is 11.0. The number of hydrogen-bond acceptors (Lipinski definition) is 4. The predicted octanol–water partition coefficient (Wildman–Crippen LogP) is 3.26. The van der Waals surface area contributed by atoms with E-state index in [1.807, 2.05) is 0 Å². The first kappa shape index (κ1) is 15.9. The molecule has 0 bridgehead atoms. The van der Waals surface area contributed by atoms with Gasteiger partial charge >= 0.3 is 6.18 Å². The lowest BCUT2D eigenvalue weighted by atomic mass is 10.3. The Morgan fingerprint density at radius 1 is 1.09 bits per heavy atom. The average molecular weight is 319 g/mol. The normalized spacial score (nSPS) is 11.3. The Morgan fingerprint density at radius 3 is 2.55 bits per heavy atom. The highest BCUT2D eigenvalue weighted by Gasteiger charge is 2.32. The Morgan fingerprint density at radius 2 is 1.86 bits per heavy atom. The summed E-state index contributed by atoms with van der Waals surface area (Å²) >= 11 is 0. The highest BCUT2D eigenvalue weighted by atomic mass is 19.4. The van der Waals surface area contributed by atoms with E-state index in [9.17, 15) is 22.0 Å². The number of hydrogen-bond donors (Lipinski definition) is 1. The van der Waals surface area contributed by atoms with E-state index in [1.165, 1.54) is 6.07 Å². The minimum absolute atomic E-state index is 0.00464. The molecule has 0 spiro atoms. The van der Waals surface area contributed by atoms with Crippen LogP contribution in [-0.4, -0.2) is 23.1 Å². The van der Waals surface area contributed by atoms with Gasteiger partial charge in [0.1, 0.15) is 18.1 Å². The van der Waals surface area contributed by atoms with Crippen molar-refractivity contribution in [1.82, 2.24) is 9.97 Å². The molecule has 9 heteroatoms. The molecular formula is C13H10F5N3O. The molecule has 0 unspecified atom stereocenters. The number of rotatable bonds is 5. The zero-order valence-electron chi connectivity index (χ0n) is 11.0. The molecule has 0 aliphatic rings. The molecule has 2 aromatic rings. The van der Waals surface area contributed by atoms with Crippen molar-refractivity contribution < 1.29 is 26.7 Å². The van der Waals surface area contributed by atoms with Gasteiger partial charge in [0.15, 0.2) is 11.6 Å². The lowest BCUT2D eigenvalue weighted by molar-refractivity contribution is -0.141. The standard InChI is InChI=1S/C13H10F5N3O/c14-9-2-1-8(7-10(9)15)22-6-5-20-12-19-4-3-11(21-12)13(16,17)18/h1-4,7H,5-6H2,(H,19,20,21). The molecule has 22 heavy (non-hydrogen) atoms. The highest BCUT2D eigenvalue weighted by Crippen LogP contribution is 2.27. The van der Waals surface area contributed by atoms with Crippen molar-refractivity contribution in [3.63, 3.8) is 0 Å². The molecule has 0 saturated carbocycles. The lowest BCUT2D eigenvalue weighted by Crippen LogP contribution is -2.15. The van der Waals surface area contributed by atoms with E-state index < -0.39 is 23.5 Å². The van der Waals surface area contributed by atoms with Gasteiger partial charge in [-0.25, -0.2) is 18.7 Å². The number of nitrogens with one attached hydrogen (secondary N) is 1. The van der Waals surface area contributed by atoms with Crippen LogP contribution in [-0.2, 0) is 6.18 Å². The number of halogens is 5. The van der Waals surface area contributed by atoms with E-state index in [-0.39, 0.29) is 24.8 Å². The fourth-order valence-corrected chi connectivity index (χ4v) is 1.50. The molecule has 0 atom stereocenters. The van der Waals surface area contributed by atoms with Gasteiger partial charge in [-0.15, -0.1) is 0 Å². The lowest BCUT2D eigenvalue weighted by Gasteiger charge is -2.09. The van der Waals surface area contributed by atoms with Crippen molar-refractivity contribution in [2.45, 2.75) is 6.18 Å². The molecule has 4 nitrogen and oxygen atoms in total. The van der Waals surface area contributed by atoms with Gasteiger partial charge in [0, 0.05) is 12.3 Å². The van der Waals surface area contributed by atoms with Crippen molar-refractivity contribution in [3.05, 3.63) is 47.8 Å². The van der Waals surface area contributed by atoms with E-state index >= 15 is 0 Å². The maximum atomic E-state index is 12.9. The van der Waals surface area contributed by atoms with Gasteiger partial charge in [0.05, 0.1) is 6.54 Å². The third-order valence-corrected chi connectivity index (χ3v) is 2.49. The minimum atomic E-state index is -4.55. The third kappa shape index (κ3) is 4.27. The summed E-state index contributed by atoms with van der Waals surface area (Å²) in [5, 5.41) is 2.54. The SMILES string of the molecule is Fc1ccc(OCCNc2nccc(C(F)(F)F)n2)cc1F. The molecule has 0 fully saturated rings. The fraction of sp³-hybridized carbons (Fsp3) is 0.231. The number of aromatic nitrogens is 2. The van der Waals surface area contributed by atoms with E-state index in [2.05, 4.69) is 15.3 Å². The minimum Gasteiger partial charge on any atom is -0.492 e. The summed E-state index contributed by atoms with van der Waals surface area (Å²) in [6.45, 7) is 0.0883. The summed E-state index contributed by atoms with van der Waals surface area (Å²) in [7, 11) is 0. The zero-order chi connectivity index (χ0) is 16.2. The monoisotopic (exact) mass is 319 g/mol. The van der Waals surface area contributed by atoms with Gasteiger partial charge in [-0.3, -0.25) is 0 Å². The van der Waals surface area contributed by atoms with Gasteiger partial charge in [-0.05, 0) is 18.2 Å². The van der Waals surface area contributed by atoms with Crippen molar-refractivity contribution >= 4 is 5.95 Å². The van der Waals surface area contributed by atoms with E-state index in [0.717, 1.165) is 24.4 Å². The first-order chi connectivity index (χ1) is 10.4. The highest BCUT2D eigenvalue weighted by molar-refractivity contribution is 5.26. The number of benzene rings is 1. The molecular weight excluding hydrogens is 309 g/mol. The maximum Gasteiger partial charge on any atom is 0.433 e. The van der Waals surface area contributed by atoms with Crippen LogP contribution in [0, 0.1) is 11.6 Å². The summed E-state index contributed by atoms with van der Waals surface area (Å²) in [4.78, 5) is 6.94. The molecule has 0 aliphatic carbocycles. The van der Waals surface area contributed by atoms with Crippen molar-refractivity contribution in [2.24, 2.45) is 0 Å². The average Bonchev–Trinajstić information content (AvgIpc) is 2.47. The van der Waals surface area contributed by atoms with Crippen LogP contribution < -0.4 is 10.1 Å². The van der Waals surface area contributed by atoms with Crippen LogP contribution >= 0.6 is 0 Å². The molecule has 118 valence electrons. The van der Waals surface area contributed by atoms with E-state index in [1.54, 1.807) is 0 Å². The molecule has 1 aromatic carbocycles. The Bertz CT molecular complexity index is 648. The van der Waals surface area contributed by atoms with Gasteiger partial charge in [0.2, 0.25) is 5.95 Å². The van der Waals surface area contributed by atoms with Crippen molar-refractivity contribution in [1.29, 1.82) is 0 Å². The van der Waals surface area contributed by atoms with Crippen LogP contribution in [0.1, 0.15) is 5.69 Å². The molecule has 1 heterocycles. The predicted molar refractivity (Wildman–Crippen MR) is 67.4 cm³/mol. The first-order valence-corrected chi connectivity index (χ1v) is 6.08. The second-order valence-electron chi connectivity index (χ2n) is 4.11. The van der Waals surface area contributed by atoms with Crippen molar-refractivity contribution in [3.8, 4) is 5.75 Å². The second kappa shape index (κ2) is 6.54. The van der Waals surface area contributed by atoms with Gasteiger partial charge in [-0.2, -0.15) is 13.2 Å². The summed E-state index contributed by atoms with van der Waals surface area (Å²) in [5.74, 6) is -2.15. The molecule has 0 amide bonds. The van der Waals surface area contributed by atoms with Crippen LogP contribution in [0.2, 0.25) is 0 Å². The van der Waals surface area contributed by atoms with Crippen LogP contribution in [0.3, 0.4) is 0 Å². The number of ether oxygens (including phenoxy) is 1. The Kier molecular flexibility index (Phi) is 4.74. The largest absolute Gasteiger partial charge is 0.492 e. The van der Waals surface area contributed by atoms with Crippen LogP contribution in [0.4, 0.5) is 27.9 Å². The molecule has 2 rings (SSSR count). The quantitative estimate of drug-likeness (QED) is 0.679. The fourth-order valence-electron chi connectivity index (χ4n) is 1.50. The third-order valence-electron chi connectivity index (χ3n) is 2.49. The van der Waals surface area contributed by atoms with Crippen LogP contribution in [0.25, 0.3) is 0 Å². The smallest absolute Gasteiger partial charge is 0.433 e. The van der Waals surface area contributed by atoms with Crippen molar-refractivity contribution in [2.75, 3.05) is 18.5 Å². The Hall–Kier alpha value is -2.45. The molecule has 0 radical (unpaired) electrons. The molecule has 1 N–H and O–H groups in total. The van der Waals surface area contributed by atoms with Gasteiger partial charge < -0.3 is 10.1 Å². The van der Waals surface area contributed by atoms with E-state index in [0.29, 0.717) is 0 Å². The van der Waals surface area contributed by atoms with Gasteiger partial charge in [0.25, 0.3) is 0 Å². The second-order valence-corrected chi connectivity index (χ2v) is 4.11. The molecule has 0 aliphatic heterocycles. The van der Waals surface area contributed by atoms with E-state index in [4.69, 9.17) is 4.74 Å². The number of nitrogens with zero attached hydrogens (tertiary/aromatic N) is 2. The Balaban J connectivity index is 1.85. The maximum absolute atomic E-state index is 12.9. The van der Waals surface area contributed by atoms with Crippen LogP contribution in [0.15, 0.2) is 30.5 Å². The number of anilines is 1. The topological polar surface area (TPSA) is 47.0 Å². The molecule has 1 aromatic heterocycles. The summed E-state index contributed by atoms with van der Waals surface area (Å²) in [6.07, 6.45) is -3.57. The Labute approximate surface area is 122 Å². The summed E-state index contributed by atoms with van der Waals surface area (Å²) in [6, 6.07) is 3.77. The summed E-state index contributed by atoms with van der Waals surface area (Å²) in [5.41, 5.74) is -1.06. The van der Waals surface area contributed by atoms with Gasteiger partial charge in [-0.1, -0.05) is 0 Å². The summed E-state index contributed by atoms with van der Waals surface area (Å²) < 4.78 is 68.0. The first-order valence-electron chi connectivity index (χ1n) is 6.08.